The van der Waals surface area contributed by atoms with E-state index < -0.39 is 0 Å². The fourth-order valence-electron chi connectivity index (χ4n) is 1.98. The predicted octanol–water partition coefficient (Wildman–Crippen LogP) is 3.14. The highest BCUT2D eigenvalue weighted by molar-refractivity contribution is 7.78. The standard InChI is InChI=1S/C12H16N2O.2C2H6.CH5NS/c1-13-12(15)10-3-4-11-8-14(2)6-5-9(11)7-10;2*1-2;1-2-3/h3-4,7H,5-6,8H2,1-2H3,(H,13,15);2*1-2H3;2-3H,1H3. The molecule has 0 aromatic heterocycles. The number of nitrogens with one attached hydrogen (secondary N) is 2. The Hall–Kier alpha value is -1.04. The molecule has 0 spiro atoms. The number of thiol groups is 1. The first-order valence-corrected chi connectivity index (χ1v) is 8.40. The van der Waals surface area contributed by atoms with Crippen LogP contribution in [0.5, 0.6) is 0 Å². The Bertz CT molecular complexity index is 411. The maximum absolute atomic E-state index is 11.4. The van der Waals surface area contributed by atoms with Crippen LogP contribution < -0.4 is 10.0 Å². The van der Waals surface area contributed by atoms with Crippen LogP contribution in [0.4, 0.5) is 0 Å². The third kappa shape index (κ3) is 8.41. The maximum Gasteiger partial charge on any atom is 0.251 e. The second-order valence-corrected chi connectivity index (χ2v) is 4.72. The highest BCUT2D eigenvalue weighted by Gasteiger charge is 2.14. The number of carbonyl (C=O) groups is 1. The van der Waals surface area contributed by atoms with E-state index in [-0.39, 0.29) is 5.91 Å². The molecule has 0 atom stereocenters. The van der Waals surface area contributed by atoms with Crippen LogP contribution in [0.25, 0.3) is 0 Å². The maximum atomic E-state index is 11.4. The number of hydrogen-bond acceptors (Lipinski definition) is 4. The van der Waals surface area contributed by atoms with E-state index in [4.69, 9.17) is 0 Å². The summed E-state index contributed by atoms with van der Waals surface area (Å²) >= 11 is 3.54. The van der Waals surface area contributed by atoms with Crippen LogP contribution in [0.3, 0.4) is 0 Å². The second kappa shape index (κ2) is 14.9. The molecule has 0 radical (unpaired) electrons. The summed E-state index contributed by atoms with van der Waals surface area (Å²) in [4.78, 5) is 13.7. The van der Waals surface area contributed by atoms with Crippen LogP contribution in [0, 0.1) is 0 Å². The molecule has 1 amide bonds. The van der Waals surface area contributed by atoms with E-state index in [9.17, 15) is 4.79 Å². The van der Waals surface area contributed by atoms with Crippen molar-refractivity contribution in [2.75, 3.05) is 27.7 Å². The van der Waals surface area contributed by atoms with Crippen LogP contribution in [0.15, 0.2) is 18.2 Å². The molecule has 2 rings (SSSR count). The van der Waals surface area contributed by atoms with Gasteiger partial charge in [-0.2, -0.15) is 0 Å². The van der Waals surface area contributed by atoms with Crippen molar-refractivity contribution in [1.82, 2.24) is 14.9 Å². The fraction of sp³-hybridized carbons (Fsp3) is 0.588. The van der Waals surface area contributed by atoms with Crippen LogP contribution in [-0.4, -0.2) is 38.5 Å². The summed E-state index contributed by atoms with van der Waals surface area (Å²) in [7, 11) is 5.52. The molecule has 2 N–H and O–H groups in total. The number of hydrogen-bond donors (Lipinski definition) is 3. The number of likely N-dealkylation sites (N-methyl/N-ethyl adjacent to an activating group) is 1. The van der Waals surface area contributed by atoms with Gasteiger partial charge in [-0.25, -0.2) is 0 Å². The van der Waals surface area contributed by atoms with Crippen molar-refractivity contribution >= 4 is 18.7 Å². The number of amides is 1. The molecule has 0 unspecified atom stereocenters. The first-order chi connectivity index (χ1) is 10.6. The first-order valence-electron chi connectivity index (χ1n) is 7.95. The van der Waals surface area contributed by atoms with Crippen molar-refractivity contribution in [3.63, 3.8) is 0 Å². The number of benzene rings is 1. The molecule has 0 aliphatic carbocycles. The van der Waals surface area contributed by atoms with Crippen LogP contribution in [-0.2, 0) is 13.0 Å². The Balaban J connectivity index is 0. The van der Waals surface area contributed by atoms with Crippen molar-refractivity contribution in [1.29, 1.82) is 0 Å². The monoisotopic (exact) mass is 327 g/mol. The van der Waals surface area contributed by atoms with E-state index in [1.165, 1.54) is 11.1 Å². The summed E-state index contributed by atoms with van der Waals surface area (Å²) in [5.41, 5.74) is 3.42. The van der Waals surface area contributed by atoms with Gasteiger partial charge in [0.2, 0.25) is 0 Å². The fourth-order valence-corrected chi connectivity index (χ4v) is 1.98. The summed E-state index contributed by atoms with van der Waals surface area (Å²) < 4.78 is 2.44. The normalized spacial score (nSPS) is 12.2. The molecular formula is C17H33N3OS. The molecular weight excluding hydrogens is 294 g/mol. The topological polar surface area (TPSA) is 44.4 Å². The van der Waals surface area contributed by atoms with Gasteiger partial charge in [-0.05, 0) is 43.8 Å². The Labute approximate surface area is 142 Å². The lowest BCUT2D eigenvalue weighted by Crippen LogP contribution is -2.27. The molecule has 0 bridgehead atoms. The van der Waals surface area contributed by atoms with E-state index in [1.54, 1.807) is 14.1 Å². The summed E-state index contributed by atoms with van der Waals surface area (Å²) in [5.74, 6) is -0.00303. The first kappa shape index (κ1) is 23.2. The minimum absolute atomic E-state index is 0.00303. The summed E-state index contributed by atoms with van der Waals surface area (Å²) in [6.45, 7) is 10.1. The zero-order chi connectivity index (χ0) is 17.5. The lowest BCUT2D eigenvalue weighted by atomic mass is 9.97. The molecule has 4 nitrogen and oxygen atoms in total. The Kier molecular flexibility index (Phi) is 15.7. The number of carbonyl (C=O) groups excluding carboxylic acids is 1. The molecule has 0 saturated carbocycles. The SMILES string of the molecule is CC.CC.CNC(=O)c1ccc2c(c1)CCN(C)C2.CNS. The summed E-state index contributed by atoms with van der Waals surface area (Å²) in [6, 6.07) is 5.98. The Morgan fingerprint density at radius 3 is 2.18 bits per heavy atom. The van der Waals surface area contributed by atoms with Gasteiger partial charge in [0.1, 0.15) is 0 Å². The van der Waals surface area contributed by atoms with Gasteiger partial charge < -0.3 is 10.2 Å². The third-order valence-corrected chi connectivity index (χ3v) is 2.90. The van der Waals surface area contributed by atoms with Crippen molar-refractivity contribution in [3.05, 3.63) is 34.9 Å². The van der Waals surface area contributed by atoms with Crippen molar-refractivity contribution in [2.24, 2.45) is 0 Å². The highest BCUT2D eigenvalue weighted by atomic mass is 32.1. The van der Waals surface area contributed by atoms with Gasteiger partial charge in [0.05, 0.1) is 0 Å². The number of rotatable bonds is 1. The second-order valence-electron chi connectivity index (χ2n) is 4.27. The minimum Gasteiger partial charge on any atom is -0.355 e. The Morgan fingerprint density at radius 2 is 1.68 bits per heavy atom. The van der Waals surface area contributed by atoms with E-state index >= 15 is 0 Å². The van der Waals surface area contributed by atoms with Crippen LogP contribution >= 0.6 is 12.8 Å². The summed E-state index contributed by atoms with van der Waals surface area (Å²) in [5, 5.41) is 2.65. The van der Waals surface area contributed by atoms with Gasteiger partial charge in [-0.3, -0.25) is 9.52 Å². The van der Waals surface area contributed by atoms with Crippen LogP contribution in [0.1, 0.15) is 49.2 Å². The van der Waals surface area contributed by atoms with Gasteiger partial charge in [-0.1, -0.05) is 46.6 Å². The molecule has 1 aliphatic heterocycles. The molecule has 1 aromatic carbocycles. The van der Waals surface area contributed by atoms with E-state index in [0.29, 0.717) is 0 Å². The molecule has 1 heterocycles. The van der Waals surface area contributed by atoms with E-state index in [1.807, 2.05) is 39.8 Å². The average molecular weight is 328 g/mol. The van der Waals surface area contributed by atoms with Gasteiger partial charge in [0.15, 0.2) is 0 Å². The van der Waals surface area contributed by atoms with Crippen LogP contribution in [0.2, 0.25) is 0 Å². The zero-order valence-electron chi connectivity index (χ0n) is 15.2. The largest absolute Gasteiger partial charge is 0.355 e. The lowest BCUT2D eigenvalue weighted by molar-refractivity contribution is 0.0963. The van der Waals surface area contributed by atoms with E-state index in [0.717, 1.165) is 25.1 Å². The van der Waals surface area contributed by atoms with Crippen molar-refractivity contribution < 1.29 is 4.79 Å². The van der Waals surface area contributed by atoms with E-state index in [2.05, 4.69) is 40.9 Å². The van der Waals surface area contributed by atoms with Gasteiger partial charge in [-0.15, -0.1) is 0 Å². The third-order valence-electron chi connectivity index (χ3n) is 2.90. The van der Waals surface area contributed by atoms with Gasteiger partial charge in [0.25, 0.3) is 5.91 Å². The molecule has 1 aromatic rings. The average Bonchev–Trinajstić information content (AvgIpc) is 2.58. The number of nitrogens with zero attached hydrogens (tertiary/aromatic N) is 1. The molecule has 0 saturated heterocycles. The quantitative estimate of drug-likeness (QED) is 0.694. The predicted molar refractivity (Wildman–Crippen MR) is 101 cm³/mol. The van der Waals surface area contributed by atoms with Gasteiger partial charge >= 0.3 is 0 Å². The smallest absolute Gasteiger partial charge is 0.251 e. The van der Waals surface area contributed by atoms with Crippen molar-refractivity contribution in [2.45, 2.75) is 40.7 Å². The lowest BCUT2D eigenvalue weighted by Gasteiger charge is -2.25. The molecule has 5 heteroatoms. The highest BCUT2D eigenvalue weighted by Crippen LogP contribution is 2.19. The Morgan fingerprint density at radius 1 is 1.14 bits per heavy atom. The molecule has 22 heavy (non-hydrogen) atoms. The zero-order valence-corrected chi connectivity index (χ0v) is 16.1. The summed E-state index contributed by atoms with van der Waals surface area (Å²) in [6.07, 6.45) is 1.04. The van der Waals surface area contributed by atoms with Crippen molar-refractivity contribution in [3.8, 4) is 0 Å². The minimum atomic E-state index is -0.00303. The molecule has 128 valence electrons. The van der Waals surface area contributed by atoms with Gasteiger partial charge in [0, 0.05) is 25.7 Å². The molecule has 1 aliphatic rings. The number of fused-ring (bicyclic) bond motifs is 1. The molecule has 0 fully saturated rings.